The number of hydrogen-bond donors (Lipinski definition) is 0. The van der Waals surface area contributed by atoms with Crippen molar-refractivity contribution >= 4 is 17.5 Å². The van der Waals surface area contributed by atoms with Crippen molar-refractivity contribution in [3.8, 4) is 0 Å². The van der Waals surface area contributed by atoms with Crippen molar-refractivity contribution < 1.29 is 9.53 Å². The number of thioether (sulfide) groups is 1. The number of allylic oxidation sites excluding steroid dienone is 2. The third-order valence-corrected chi connectivity index (χ3v) is 5.05. The van der Waals surface area contributed by atoms with Crippen molar-refractivity contribution in [2.24, 2.45) is 0 Å². The molecule has 15 heavy (non-hydrogen) atoms. The number of Topliss-reactive ketones (excluding diaryl/α,β-unsaturated/α-hetero) is 1. The third kappa shape index (κ3) is 1.71. The molecule has 3 aliphatic rings. The van der Waals surface area contributed by atoms with E-state index in [0.29, 0.717) is 17.1 Å². The molecule has 82 valence electrons. The zero-order valence-corrected chi connectivity index (χ0v) is 9.65. The Balaban J connectivity index is 1.86. The topological polar surface area (TPSA) is 26.3 Å². The van der Waals surface area contributed by atoms with E-state index in [1.807, 2.05) is 11.8 Å². The molecule has 0 saturated heterocycles. The number of rotatable bonds is 0. The van der Waals surface area contributed by atoms with Crippen molar-refractivity contribution in [3.05, 3.63) is 10.7 Å². The Bertz CT molecular complexity index is 322. The SMILES string of the molecule is O=C1CCCC2=C1S[C@H]1CCCC[C@@H]1O2. The molecular formula is C12H16O2S. The normalized spacial score (nSPS) is 35.6. The summed E-state index contributed by atoms with van der Waals surface area (Å²) in [4.78, 5) is 12.7. The molecule has 2 nitrogen and oxygen atoms in total. The van der Waals surface area contributed by atoms with Gasteiger partial charge in [-0.2, -0.15) is 0 Å². The zero-order valence-electron chi connectivity index (χ0n) is 8.83. The minimum Gasteiger partial charge on any atom is -0.492 e. The Morgan fingerprint density at radius 1 is 1.13 bits per heavy atom. The van der Waals surface area contributed by atoms with Crippen LogP contribution in [-0.4, -0.2) is 17.1 Å². The number of carbonyl (C=O) groups is 1. The van der Waals surface area contributed by atoms with Crippen LogP contribution in [0.25, 0.3) is 0 Å². The lowest BCUT2D eigenvalue weighted by Crippen LogP contribution is -2.35. The summed E-state index contributed by atoms with van der Waals surface area (Å²) in [5.41, 5.74) is 0. The van der Waals surface area contributed by atoms with E-state index in [0.717, 1.165) is 29.9 Å². The highest BCUT2D eigenvalue weighted by Gasteiger charge is 2.37. The van der Waals surface area contributed by atoms with Crippen LogP contribution in [0.15, 0.2) is 10.7 Å². The van der Waals surface area contributed by atoms with Crippen LogP contribution in [0.3, 0.4) is 0 Å². The van der Waals surface area contributed by atoms with Crippen LogP contribution in [0.2, 0.25) is 0 Å². The summed E-state index contributed by atoms with van der Waals surface area (Å²) >= 11 is 1.81. The van der Waals surface area contributed by atoms with Gasteiger partial charge in [-0.25, -0.2) is 0 Å². The molecule has 0 aromatic heterocycles. The van der Waals surface area contributed by atoms with Gasteiger partial charge in [0.15, 0.2) is 5.78 Å². The summed E-state index contributed by atoms with van der Waals surface area (Å²) in [6.07, 6.45) is 8.09. The molecule has 0 amide bonds. The number of hydrogen-bond acceptors (Lipinski definition) is 3. The van der Waals surface area contributed by atoms with E-state index in [1.165, 1.54) is 25.7 Å². The lowest BCUT2D eigenvalue weighted by Gasteiger charge is -2.38. The first-order chi connectivity index (χ1) is 7.34. The van der Waals surface area contributed by atoms with Crippen molar-refractivity contribution in [2.75, 3.05) is 0 Å². The standard InChI is InChI=1S/C12H16O2S/c13-8-4-3-6-10-12(8)15-11-7-2-1-5-9(11)14-10/h9,11H,1-7H2/t9-,11-/m0/s1. The van der Waals surface area contributed by atoms with E-state index in [-0.39, 0.29) is 0 Å². The molecule has 0 bridgehead atoms. The monoisotopic (exact) mass is 224 g/mol. The molecule has 1 aliphatic heterocycles. The maximum absolute atomic E-state index is 11.7. The first-order valence-electron chi connectivity index (χ1n) is 5.94. The van der Waals surface area contributed by atoms with Crippen LogP contribution in [0, 0.1) is 0 Å². The van der Waals surface area contributed by atoms with Gasteiger partial charge >= 0.3 is 0 Å². The molecule has 1 saturated carbocycles. The molecule has 0 unspecified atom stereocenters. The number of ether oxygens (including phenoxy) is 1. The highest BCUT2D eigenvalue weighted by molar-refractivity contribution is 8.04. The molecule has 0 N–H and O–H groups in total. The molecule has 2 aliphatic carbocycles. The Labute approximate surface area is 94.4 Å². The van der Waals surface area contributed by atoms with E-state index in [9.17, 15) is 4.79 Å². The predicted octanol–water partition coefficient (Wildman–Crippen LogP) is 3.03. The fourth-order valence-corrected chi connectivity index (χ4v) is 4.15. The van der Waals surface area contributed by atoms with E-state index in [1.54, 1.807) is 0 Å². The fraction of sp³-hybridized carbons (Fsp3) is 0.750. The van der Waals surface area contributed by atoms with Gasteiger partial charge in [0.25, 0.3) is 0 Å². The zero-order chi connectivity index (χ0) is 10.3. The largest absolute Gasteiger partial charge is 0.492 e. The summed E-state index contributed by atoms with van der Waals surface area (Å²) in [6.45, 7) is 0. The summed E-state index contributed by atoms with van der Waals surface area (Å²) in [5, 5.41) is 0.555. The number of carbonyl (C=O) groups excluding carboxylic acids is 1. The van der Waals surface area contributed by atoms with Crippen LogP contribution < -0.4 is 0 Å². The van der Waals surface area contributed by atoms with Gasteiger partial charge in [0, 0.05) is 18.1 Å². The average molecular weight is 224 g/mol. The van der Waals surface area contributed by atoms with E-state index < -0.39 is 0 Å². The van der Waals surface area contributed by atoms with E-state index >= 15 is 0 Å². The molecular weight excluding hydrogens is 208 g/mol. The second-order valence-corrected chi connectivity index (χ2v) is 5.88. The molecule has 3 heteroatoms. The first-order valence-corrected chi connectivity index (χ1v) is 6.82. The maximum atomic E-state index is 11.7. The van der Waals surface area contributed by atoms with Crippen LogP contribution in [-0.2, 0) is 9.53 Å². The van der Waals surface area contributed by atoms with Gasteiger partial charge in [-0.1, -0.05) is 6.42 Å². The van der Waals surface area contributed by atoms with Gasteiger partial charge in [0.2, 0.25) is 0 Å². The molecule has 3 rings (SSSR count). The second kappa shape index (κ2) is 3.85. The molecule has 2 atom stereocenters. The Morgan fingerprint density at radius 3 is 2.93 bits per heavy atom. The first kappa shape index (κ1) is 9.76. The molecule has 0 spiro atoms. The minimum absolute atomic E-state index is 0.324. The van der Waals surface area contributed by atoms with Gasteiger partial charge in [-0.05, 0) is 25.7 Å². The van der Waals surface area contributed by atoms with Gasteiger partial charge in [-0.3, -0.25) is 4.79 Å². The molecule has 1 heterocycles. The molecule has 0 aromatic carbocycles. The van der Waals surface area contributed by atoms with Crippen molar-refractivity contribution in [1.29, 1.82) is 0 Å². The molecule has 0 aromatic rings. The second-order valence-electron chi connectivity index (χ2n) is 4.63. The third-order valence-electron chi connectivity index (χ3n) is 3.52. The van der Waals surface area contributed by atoms with Crippen LogP contribution in [0.1, 0.15) is 44.9 Å². The average Bonchev–Trinajstić information content (AvgIpc) is 2.27. The van der Waals surface area contributed by atoms with Gasteiger partial charge in [0.05, 0.1) is 4.91 Å². The molecule has 1 fully saturated rings. The minimum atomic E-state index is 0.324. The van der Waals surface area contributed by atoms with Crippen molar-refractivity contribution in [2.45, 2.75) is 56.3 Å². The molecule has 0 radical (unpaired) electrons. The Hall–Kier alpha value is -0.440. The highest BCUT2D eigenvalue weighted by Crippen LogP contribution is 2.45. The van der Waals surface area contributed by atoms with E-state index in [4.69, 9.17) is 4.74 Å². The number of ketones is 1. The highest BCUT2D eigenvalue weighted by atomic mass is 32.2. The quantitative estimate of drug-likeness (QED) is 0.632. The summed E-state index contributed by atoms with van der Waals surface area (Å²) in [5.74, 6) is 1.34. The fourth-order valence-electron chi connectivity index (χ4n) is 2.70. The van der Waals surface area contributed by atoms with Crippen LogP contribution in [0.4, 0.5) is 0 Å². The predicted molar refractivity (Wildman–Crippen MR) is 60.6 cm³/mol. The van der Waals surface area contributed by atoms with Gasteiger partial charge < -0.3 is 4.74 Å². The summed E-state index contributed by atoms with van der Waals surface area (Å²) < 4.78 is 6.00. The smallest absolute Gasteiger partial charge is 0.172 e. The number of fused-ring (bicyclic) bond motifs is 1. The van der Waals surface area contributed by atoms with Crippen molar-refractivity contribution in [1.82, 2.24) is 0 Å². The van der Waals surface area contributed by atoms with Crippen LogP contribution in [0.5, 0.6) is 0 Å². The maximum Gasteiger partial charge on any atom is 0.172 e. The van der Waals surface area contributed by atoms with E-state index in [2.05, 4.69) is 0 Å². The van der Waals surface area contributed by atoms with Crippen molar-refractivity contribution in [3.63, 3.8) is 0 Å². The van der Waals surface area contributed by atoms with Crippen LogP contribution >= 0.6 is 11.8 Å². The van der Waals surface area contributed by atoms with Gasteiger partial charge in [-0.15, -0.1) is 11.8 Å². The lowest BCUT2D eigenvalue weighted by molar-refractivity contribution is -0.116. The Kier molecular flexibility index (Phi) is 2.51. The Morgan fingerprint density at radius 2 is 2.00 bits per heavy atom. The lowest BCUT2D eigenvalue weighted by atomic mass is 9.96. The summed E-state index contributed by atoms with van der Waals surface area (Å²) in [6, 6.07) is 0. The summed E-state index contributed by atoms with van der Waals surface area (Å²) in [7, 11) is 0. The van der Waals surface area contributed by atoms with Gasteiger partial charge in [0.1, 0.15) is 11.9 Å².